The molecule has 1 heterocycles. The molecule has 0 aliphatic carbocycles. The topological polar surface area (TPSA) is 45.2 Å². The zero-order chi connectivity index (χ0) is 14.8. The van der Waals surface area contributed by atoms with Gasteiger partial charge in [-0.25, -0.2) is 9.37 Å². The van der Waals surface area contributed by atoms with E-state index in [1.54, 1.807) is 11.3 Å². The van der Waals surface area contributed by atoms with Gasteiger partial charge in [-0.15, -0.1) is 11.3 Å². The first kappa shape index (κ1) is 14.0. The molecule has 0 aliphatic heterocycles. The Bertz CT molecular complexity index is 739. The van der Waals surface area contributed by atoms with Crippen molar-refractivity contribution >= 4 is 21.6 Å². The fourth-order valence-corrected chi connectivity index (χ4v) is 3.14. The molecule has 0 bridgehead atoms. The van der Waals surface area contributed by atoms with Crippen LogP contribution in [0.25, 0.3) is 10.2 Å². The Balaban J connectivity index is 1.73. The molecule has 5 heteroatoms. The first-order chi connectivity index (χ1) is 10.1. The molecule has 3 rings (SSSR count). The molecule has 0 radical (unpaired) electrons. The number of hydrogen-bond donors (Lipinski definition) is 2. The van der Waals surface area contributed by atoms with Crippen molar-refractivity contribution in [2.24, 2.45) is 0 Å². The Labute approximate surface area is 126 Å². The van der Waals surface area contributed by atoms with Gasteiger partial charge in [-0.1, -0.05) is 12.1 Å². The lowest BCUT2D eigenvalue weighted by Crippen LogP contribution is -2.18. The van der Waals surface area contributed by atoms with E-state index in [4.69, 9.17) is 0 Å². The number of benzene rings is 2. The number of rotatable bonds is 4. The lowest BCUT2D eigenvalue weighted by atomic mass is 10.1. The van der Waals surface area contributed by atoms with E-state index in [1.807, 2.05) is 31.2 Å². The molecular weight excluding hydrogens is 287 g/mol. The minimum atomic E-state index is -0.351. The summed E-state index contributed by atoms with van der Waals surface area (Å²) >= 11 is 1.63. The standard InChI is InChI=1S/C16H15FN2OS/c1-10(12-8-11(17)6-7-14(12)20)18-9-16-19-13-4-2-3-5-15(13)21-16/h2-8,10,18,20H,9H2,1H3. The van der Waals surface area contributed by atoms with Gasteiger partial charge < -0.3 is 10.4 Å². The normalized spacial score (nSPS) is 12.7. The molecule has 3 aromatic rings. The second-order valence-corrected chi connectivity index (χ2v) is 6.00. The number of aromatic hydroxyl groups is 1. The molecule has 1 unspecified atom stereocenters. The number of para-hydroxylation sites is 1. The largest absolute Gasteiger partial charge is 0.508 e. The van der Waals surface area contributed by atoms with Crippen LogP contribution < -0.4 is 5.32 Å². The van der Waals surface area contributed by atoms with E-state index in [0.29, 0.717) is 12.1 Å². The molecule has 0 aliphatic rings. The summed E-state index contributed by atoms with van der Waals surface area (Å²) in [6, 6.07) is 11.8. The highest BCUT2D eigenvalue weighted by atomic mass is 32.1. The Kier molecular flexibility index (Phi) is 3.86. The predicted molar refractivity (Wildman–Crippen MR) is 82.9 cm³/mol. The molecule has 1 aromatic heterocycles. The van der Waals surface area contributed by atoms with Gasteiger partial charge in [-0.3, -0.25) is 0 Å². The van der Waals surface area contributed by atoms with Crippen LogP contribution in [0.15, 0.2) is 42.5 Å². The molecule has 3 nitrogen and oxygen atoms in total. The van der Waals surface area contributed by atoms with Crippen molar-refractivity contribution in [1.29, 1.82) is 0 Å². The molecule has 0 saturated heterocycles. The summed E-state index contributed by atoms with van der Waals surface area (Å²) in [4.78, 5) is 4.54. The van der Waals surface area contributed by atoms with Gasteiger partial charge in [-0.2, -0.15) is 0 Å². The number of phenolic OH excluding ortho intramolecular Hbond substituents is 1. The Morgan fingerprint density at radius 3 is 2.90 bits per heavy atom. The summed E-state index contributed by atoms with van der Waals surface area (Å²) in [5.41, 5.74) is 1.54. The highest BCUT2D eigenvalue weighted by Gasteiger charge is 2.12. The highest BCUT2D eigenvalue weighted by molar-refractivity contribution is 7.18. The van der Waals surface area contributed by atoms with Crippen molar-refractivity contribution in [2.75, 3.05) is 0 Å². The predicted octanol–water partition coefficient (Wildman–Crippen LogP) is 3.99. The summed E-state index contributed by atoms with van der Waals surface area (Å²) in [6.45, 7) is 2.47. The van der Waals surface area contributed by atoms with Crippen LogP contribution in [0.1, 0.15) is 23.5 Å². The monoisotopic (exact) mass is 302 g/mol. The van der Waals surface area contributed by atoms with Gasteiger partial charge in [-0.05, 0) is 37.3 Å². The molecule has 2 aromatic carbocycles. The van der Waals surface area contributed by atoms with Crippen LogP contribution in [0.5, 0.6) is 5.75 Å². The van der Waals surface area contributed by atoms with E-state index < -0.39 is 0 Å². The fraction of sp³-hybridized carbons (Fsp3) is 0.188. The van der Waals surface area contributed by atoms with E-state index in [2.05, 4.69) is 10.3 Å². The average molecular weight is 302 g/mol. The van der Waals surface area contributed by atoms with Crippen molar-refractivity contribution in [2.45, 2.75) is 19.5 Å². The Morgan fingerprint density at radius 1 is 1.29 bits per heavy atom. The molecule has 0 amide bonds. The lowest BCUT2D eigenvalue weighted by Gasteiger charge is -2.14. The zero-order valence-corrected chi connectivity index (χ0v) is 12.3. The fourth-order valence-electron chi connectivity index (χ4n) is 2.22. The lowest BCUT2D eigenvalue weighted by molar-refractivity contribution is 0.449. The number of hydrogen-bond acceptors (Lipinski definition) is 4. The van der Waals surface area contributed by atoms with E-state index in [-0.39, 0.29) is 17.6 Å². The highest BCUT2D eigenvalue weighted by Crippen LogP contribution is 2.26. The van der Waals surface area contributed by atoms with Gasteiger partial charge in [0.1, 0.15) is 16.6 Å². The van der Waals surface area contributed by atoms with Crippen LogP contribution >= 0.6 is 11.3 Å². The summed E-state index contributed by atoms with van der Waals surface area (Å²) < 4.78 is 14.4. The second-order valence-electron chi connectivity index (χ2n) is 4.88. The first-order valence-corrected chi connectivity index (χ1v) is 7.51. The van der Waals surface area contributed by atoms with Gasteiger partial charge in [0.2, 0.25) is 0 Å². The minimum Gasteiger partial charge on any atom is -0.508 e. The molecule has 1 atom stereocenters. The van der Waals surface area contributed by atoms with Crippen LogP contribution in [0.3, 0.4) is 0 Å². The SMILES string of the molecule is CC(NCc1nc2ccccc2s1)c1cc(F)ccc1O. The summed E-state index contributed by atoms with van der Waals surface area (Å²) in [5.74, 6) is -0.253. The average Bonchev–Trinajstić information content (AvgIpc) is 2.90. The molecule has 2 N–H and O–H groups in total. The van der Waals surface area contributed by atoms with Crippen LogP contribution in [-0.4, -0.2) is 10.1 Å². The number of nitrogens with zero attached hydrogens (tertiary/aromatic N) is 1. The molecule has 0 fully saturated rings. The number of phenols is 1. The maximum absolute atomic E-state index is 13.3. The van der Waals surface area contributed by atoms with Crippen molar-refractivity contribution in [3.8, 4) is 5.75 Å². The number of aromatic nitrogens is 1. The van der Waals surface area contributed by atoms with Crippen molar-refractivity contribution in [1.82, 2.24) is 10.3 Å². The third-order valence-corrected chi connectivity index (χ3v) is 4.39. The van der Waals surface area contributed by atoms with Gasteiger partial charge in [0, 0.05) is 18.2 Å². The zero-order valence-electron chi connectivity index (χ0n) is 11.5. The number of halogens is 1. The number of nitrogens with one attached hydrogen (secondary N) is 1. The Hall–Kier alpha value is -1.98. The van der Waals surface area contributed by atoms with Crippen LogP contribution in [-0.2, 0) is 6.54 Å². The van der Waals surface area contributed by atoms with E-state index in [0.717, 1.165) is 15.2 Å². The summed E-state index contributed by atoms with van der Waals surface area (Å²) in [7, 11) is 0. The van der Waals surface area contributed by atoms with Crippen molar-refractivity contribution in [3.05, 3.63) is 58.9 Å². The van der Waals surface area contributed by atoms with Crippen LogP contribution in [0, 0.1) is 5.82 Å². The number of thiazole rings is 1. The van der Waals surface area contributed by atoms with E-state index in [1.165, 1.54) is 18.2 Å². The first-order valence-electron chi connectivity index (χ1n) is 6.70. The van der Waals surface area contributed by atoms with E-state index >= 15 is 0 Å². The van der Waals surface area contributed by atoms with Gasteiger partial charge in [0.15, 0.2) is 0 Å². The third kappa shape index (κ3) is 3.04. The maximum atomic E-state index is 13.3. The molecule has 0 spiro atoms. The quantitative estimate of drug-likeness (QED) is 0.766. The number of fused-ring (bicyclic) bond motifs is 1. The summed E-state index contributed by atoms with van der Waals surface area (Å²) in [6.07, 6.45) is 0. The van der Waals surface area contributed by atoms with Crippen molar-refractivity contribution < 1.29 is 9.50 Å². The molecular formula is C16H15FN2OS. The van der Waals surface area contributed by atoms with Crippen LogP contribution in [0.2, 0.25) is 0 Å². The third-order valence-electron chi connectivity index (χ3n) is 3.35. The minimum absolute atomic E-state index is 0.0979. The van der Waals surface area contributed by atoms with E-state index in [9.17, 15) is 9.50 Å². The maximum Gasteiger partial charge on any atom is 0.123 e. The molecule has 108 valence electrons. The van der Waals surface area contributed by atoms with Gasteiger partial charge in [0.25, 0.3) is 0 Å². The van der Waals surface area contributed by atoms with Crippen LogP contribution in [0.4, 0.5) is 4.39 Å². The Morgan fingerprint density at radius 2 is 2.10 bits per heavy atom. The second kappa shape index (κ2) is 5.79. The summed E-state index contributed by atoms with van der Waals surface area (Å²) in [5, 5.41) is 14.0. The van der Waals surface area contributed by atoms with Gasteiger partial charge in [0.05, 0.1) is 10.2 Å². The van der Waals surface area contributed by atoms with Gasteiger partial charge >= 0.3 is 0 Å². The molecule has 21 heavy (non-hydrogen) atoms. The molecule has 0 saturated carbocycles. The smallest absolute Gasteiger partial charge is 0.123 e. The van der Waals surface area contributed by atoms with Crippen molar-refractivity contribution in [3.63, 3.8) is 0 Å².